The topological polar surface area (TPSA) is 66.4 Å². The van der Waals surface area contributed by atoms with E-state index in [-0.39, 0.29) is 18.4 Å². The largest absolute Gasteiger partial charge is 0.481 e. The third-order valence-corrected chi connectivity index (χ3v) is 2.46. The zero-order valence-electron chi connectivity index (χ0n) is 11.1. The number of carbonyl (C=O) groups is 2. The predicted molar refractivity (Wildman–Crippen MR) is 66.5 cm³/mol. The molecule has 0 saturated carbocycles. The number of hydrogen-bond acceptors (Lipinski definition) is 2. The summed E-state index contributed by atoms with van der Waals surface area (Å²) in [6, 6.07) is -0.0111. The molecule has 0 rings (SSSR count). The number of aliphatic carboxylic acids is 1. The molecule has 0 aromatic heterocycles. The molecule has 0 saturated heterocycles. The normalized spacial score (nSPS) is 12.9. The van der Waals surface area contributed by atoms with E-state index in [4.69, 9.17) is 5.11 Å². The minimum atomic E-state index is -0.796. The van der Waals surface area contributed by atoms with Crippen molar-refractivity contribution in [2.24, 2.45) is 0 Å². The summed E-state index contributed by atoms with van der Waals surface area (Å²) >= 11 is 0. The molecule has 0 aromatic carbocycles. The predicted octanol–water partition coefficient (Wildman–Crippen LogP) is 0.618. The number of carboxylic acids is 1. The highest BCUT2D eigenvalue weighted by molar-refractivity contribution is 5.92. The van der Waals surface area contributed by atoms with Crippen molar-refractivity contribution in [1.82, 2.24) is 5.32 Å². The minimum Gasteiger partial charge on any atom is -0.481 e. The van der Waals surface area contributed by atoms with Crippen molar-refractivity contribution in [3.05, 3.63) is 12.2 Å². The zero-order valence-corrected chi connectivity index (χ0v) is 11.1. The fraction of sp³-hybridized carbons (Fsp3) is 0.667. The summed E-state index contributed by atoms with van der Waals surface area (Å²) in [4.78, 5) is 21.9. The highest BCUT2D eigenvalue weighted by atomic mass is 16.4. The summed E-state index contributed by atoms with van der Waals surface area (Å²) in [5.41, 5.74) is 0.479. The summed E-state index contributed by atoms with van der Waals surface area (Å²) in [5, 5.41) is 11.5. The quantitative estimate of drug-likeness (QED) is 0.509. The van der Waals surface area contributed by atoms with Gasteiger partial charge in [-0.25, -0.2) is 0 Å². The van der Waals surface area contributed by atoms with Gasteiger partial charge < -0.3 is 14.9 Å². The van der Waals surface area contributed by atoms with Crippen molar-refractivity contribution in [1.29, 1.82) is 0 Å². The molecule has 0 radical (unpaired) electrons. The molecule has 1 unspecified atom stereocenters. The molecule has 1 amide bonds. The van der Waals surface area contributed by atoms with E-state index in [1.54, 1.807) is 6.92 Å². The molecule has 0 aliphatic rings. The Bertz CT molecular complexity index is 311. The monoisotopic (exact) mass is 243 g/mol. The van der Waals surface area contributed by atoms with Crippen LogP contribution in [-0.4, -0.2) is 54.7 Å². The molecule has 2 N–H and O–H groups in total. The van der Waals surface area contributed by atoms with E-state index in [0.717, 1.165) is 0 Å². The van der Waals surface area contributed by atoms with Gasteiger partial charge in [-0.05, 0) is 13.8 Å². The van der Waals surface area contributed by atoms with Crippen LogP contribution in [0.2, 0.25) is 0 Å². The SMILES string of the molecule is C=C(C)C(=O)NC(C)C[N+](C)(C)CCC(=O)O. The van der Waals surface area contributed by atoms with Gasteiger partial charge in [0.2, 0.25) is 5.91 Å². The second kappa shape index (κ2) is 6.39. The summed E-state index contributed by atoms with van der Waals surface area (Å²) in [6.07, 6.45) is 0.133. The zero-order chi connectivity index (χ0) is 13.6. The highest BCUT2D eigenvalue weighted by Gasteiger charge is 2.21. The van der Waals surface area contributed by atoms with E-state index in [1.807, 2.05) is 21.0 Å². The fourth-order valence-electron chi connectivity index (χ4n) is 1.62. The standard InChI is InChI=1S/C12H22N2O3/c1-9(2)12(17)13-10(3)8-14(4,5)7-6-11(15)16/h10H,1,6-8H2,2-5H3,(H-,13,15,16,17)/p+1. The number of nitrogens with one attached hydrogen (secondary N) is 1. The Balaban J connectivity index is 4.17. The van der Waals surface area contributed by atoms with Crippen molar-refractivity contribution >= 4 is 11.9 Å². The average molecular weight is 243 g/mol. The van der Waals surface area contributed by atoms with Crippen LogP contribution in [0, 0.1) is 0 Å². The summed E-state index contributed by atoms with van der Waals surface area (Å²) in [5.74, 6) is -0.953. The van der Waals surface area contributed by atoms with Crippen LogP contribution in [0.4, 0.5) is 0 Å². The van der Waals surface area contributed by atoms with E-state index < -0.39 is 5.97 Å². The number of nitrogens with zero attached hydrogens (tertiary/aromatic N) is 1. The number of rotatable bonds is 7. The van der Waals surface area contributed by atoms with Crippen LogP contribution in [0.3, 0.4) is 0 Å². The van der Waals surface area contributed by atoms with Gasteiger partial charge in [0.15, 0.2) is 0 Å². The second-order valence-corrected chi connectivity index (χ2v) is 5.14. The number of likely N-dealkylation sites (N-methyl/N-ethyl adjacent to an activating group) is 1. The van der Waals surface area contributed by atoms with E-state index in [9.17, 15) is 9.59 Å². The molecule has 0 aromatic rings. The average Bonchev–Trinajstić information content (AvgIpc) is 2.13. The molecule has 0 aliphatic heterocycles. The molecular formula is C12H23N2O3+. The van der Waals surface area contributed by atoms with Gasteiger partial charge >= 0.3 is 5.97 Å². The number of carbonyl (C=O) groups excluding carboxylic acids is 1. The first kappa shape index (κ1) is 15.6. The van der Waals surface area contributed by atoms with E-state index >= 15 is 0 Å². The van der Waals surface area contributed by atoms with Crippen LogP contribution in [-0.2, 0) is 9.59 Å². The Morgan fingerprint density at radius 3 is 2.35 bits per heavy atom. The Labute approximate surface area is 103 Å². The summed E-state index contributed by atoms with van der Waals surface area (Å²) < 4.78 is 0.559. The molecule has 0 fully saturated rings. The Morgan fingerprint density at radius 1 is 1.41 bits per heavy atom. The molecule has 5 nitrogen and oxygen atoms in total. The lowest BCUT2D eigenvalue weighted by Gasteiger charge is -2.32. The third-order valence-electron chi connectivity index (χ3n) is 2.46. The van der Waals surface area contributed by atoms with E-state index in [0.29, 0.717) is 23.1 Å². The Kier molecular flexibility index (Phi) is 5.88. The van der Waals surface area contributed by atoms with Gasteiger partial charge in [-0.3, -0.25) is 9.59 Å². The molecule has 17 heavy (non-hydrogen) atoms. The molecule has 5 heteroatoms. The molecule has 98 valence electrons. The van der Waals surface area contributed by atoms with Crippen LogP contribution < -0.4 is 5.32 Å². The maximum atomic E-state index is 11.4. The molecule has 0 aliphatic carbocycles. The first-order valence-electron chi connectivity index (χ1n) is 5.64. The lowest BCUT2D eigenvalue weighted by molar-refractivity contribution is -0.890. The first-order chi connectivity index (χ1) is 7.64. The third kappa shape index (κ3) is 7.52. The number of amides is 1. The lowest BCUT2D eigenvalue weighted by atomic mass is 10.2. The van der Waals surface area contributed by atoms with Gasteiger partial charge in [-0.1, -0.05) is 6.58 Å². The number of carboxylic acid groups (broad SMARTS) is 1. The van der Waals surface area contributed by atoms with Gasteiger partial charge in [-0.15, -0.1) is 0 Å². The Morgan fingerprint density at radius 2 is 1.94 bits per heavy atom. The van der Waals surface area contributed by atoms with Crippen LogP contribution in [0.1, 0.15) is 20.3 Å². The van der Waals surface area contributed by atoms with Gasteiger partial charge in [0, 0.05) is 5.57 Å². The van der Waals surface area contributed by atoms with Crippen LogP contribution >= 0.6 is 0 Å². The van der Waals surface area contributed by atoms with Crippen molar-refractivity contribution in [3.8, 4) is 0 Å². The van der Waals surface area contributed by atoms with Gasteiger partial charge in [0.1, 0.15) is 0 Å². The van der Waals surface area contributed by atoms with E-state index in [2.05, 4.69) is 11.9 Å². The maximum Gasteiger partial charge on any atom is 0.309 e. The van der Waals surface area contributed by atoms with Crippen molar-refractivity contribution in [3.63, 3.8) is 0 Å². The van der Waals surface area contributed by atoms with Gasteiger partial charge in [-0.2, -0.15) is 0 Å². The number of quaternary nitrogens is 1. The van der Waals surface area contributed by atoms with E-state index in [1.165, 1.54) is 0 Å². The molecular weight excluding hydrogens is 220 g/mol. The molecule has 0 heterocycles. The van der Waals surface area contributed by atoms with Crippen molar-refractivity contribution < 1.29 is 19.2 Å². The number of hydrogen-bond donors (Lipinski definition) is 2. The molecule has 0 spiro atoms. The van der Waals surface area contributed by atoms with Crippen LogP contribution in [0.5, 0.6) is 0 Å². The fourth-order valence-corrected chi connectivity index (χ4v) is 1.62. The Hall–Kier alpha value is -1.36. The van der Waals surface area contributed by atoms with Crippen molar-refractivity contribution in [2.45, 2.75) is 26.3 Å². The molecule has 0 bridgehead atoms. The minimum absolute atomic E-state index is 0.0111. The summed E-state index contributed by atoms with van der Waals surface area (Å²) in [6.45, 7) is 8.36. The highest BCUT2D eigenvalue weighted by Crippen LogP contribution is 2.02. The van der Waals surface area contributed by atoms with Crippen molar-refractivity contribution in [2.75, 3.05) is 27.2 Å². The smallest absolute Gasteiger partial charge is 0.309 e. The van der Waals surface area contributed by atoms with Gasteiger partial charge in [0.05, 0.1) is 39.6 Å². The summed E-state index contributed by atoms with van der Waals surface area (Å²) in [7, 11) is 3.90. The maximum absolute atomic E-state index is 11.4. The molecule has 1 atom stereocenters. The lowest BCUT2D eigenvalue weighted by Crippen LogP contribution is -2.50. The van der Waals surface area contributed by atoms with Gasteiger partial charge in [0.25, 0.3) is 0 Å². The van der Waals surface area contributed by atoms with Crippen LogP contribution in [0.15, 0.2) is 12.2 Å². The first-order valence-corrected chi connectivity index (χ1v) is 5.64. The van der Waals surface area contributed by atoms with Crippen LogP contribution in [0.25, 0.3) is 0 Å². The second-order valence-electron chi connectivity index (χ2n) is 5.14.